The standard InChI is InChI=1S/C27H21N2OS/c1-16-7-10-18(11-8-16)31-24-14-12-21-25-19(24)5-4-6-20(25)26-28(3)22-13-9-17(2)15-23(22)29(26)27(21)30/h4-15H,1-3H3/q+1. The molecule has 4 aromatic carbocycles. The first kappa shape index (κ1) is 18.4. The topological polar surface area (TPSA) is 25.4 Å². The average molecular weight is 422 g/mol. The number of hydrogen-bond donors (Lipinski definition) is 0. The van der Waals surface area contributed by atoms with E-state index in [1.807, 2.05) is 17.5 Å². The fourth-order valence-corrected chi connectivity index (χ4v) is 5.61. The highest BCUT2D eigenvalue weighted by Crippen LogP contribution is 2.38. The van der Waals surface area contributed by atoms with Crippen molar-refractivity contribution in [2.75, 3.05) is 0 Å². The summed E-state index contributed by atoms with van der Waals surface area (Å²) >= 11 is 1.75. The van der Waals surface area contributed by atoms with E-state index in [2.05, 4.69) is 85.1 Å². The fraction of sp³-hybridized carbons (Fsp3) is 0.111. The van der Waals surface area contributed by atoms with Crippen LogP contribution in [-0.2, 0) is 7.05 Å². The molecule has 4 heteroatoms. The maximum Gasteiger partial charge on any atom is 0.347 e. The summed E-state index contributed by atoms with van der Waals surface area (Å²) in [5.74, 6) is 0. The van der Waals surface area contributed by atoms with Gasteiger partial charge in [-0.2, -0.15) is 4.40 Å². The molecule has 0 saturated heterocycles. The third-order valence-electron chi connectivity index (χ3n) is 6.19. The first-order chi connectivity index (χ1) is 15.0. The molecule has 6 rings (SSSR count). The van der Waals surface area contributed by atoms with Gasteiger partial charge in [0.2, 0.25) is 0 Å². The van der Waals surface area contributed by atoms with Crippen molar-refractivity contribution in [3.05, 3.63) is 94.3 Å². The van der Waals surface area contributed by atoms with Crippen LogP contribution in [0.15, 0.2) is 87.4 Å². The Morgan fingerprint density at radius 3 is 2.35 bits per heavy atom. The Bertz CT molecular complexity index is 1700. The lowest BCUT2D eigenvalue weighted by atomic mass is 10.0. The Morgan fingerprint density at radius 1 is 0.806 bits per heavy atom. The van der Waals surface area contributed by atoms with Gasteiger partial charge in [-0.1, -0.05) is 47.7 Å². The number of pyridine rings is 1. The van der Waals surface area contributed by atoms with Gasteiger partial charge in [0.1, 0.15) is 0 Å². The predicted octanol–water partition coefficient (Wildman–Crippen LogP) is 5.79. The van der Waals surface area contributed by atoms with E-state index in [9.17, 15) is 4.79 Å². The number of rotatable bonds is 2. The molecule has 2 heterocycles. The van der Waals surface area contributed by atoms with Crippen molar-refractivity contribution < 1.29 is 4.57 Å². The number of imidazole rings is 1. The third kappa shape index (κ3) is 2.61. The summed E-state index contributed by atoms with van der Waals surface area (Å²) in [6.45, 7) is 4.17. The normalized spacial score (nSPS) is 12.0. The van der Waals surface area contributed by atoms with E-state index in [1.165, 1.54) is 15.4 Å². The van der Waals surface area contributed by atoms with Gasteiger partial charge in [-0.25, -0.2) is 9.36 Å². The van der Waals surface area contributed by atoms with Crippen molar-refractivity contribution >= 4 is 50.0 Å². The van der Waals surface area contributed by atoms with Gasteiger partial charge in [0.25, 0.3) is 5.65 Å². The summed E-state index contributed by atoms with van der Waals surface area (Å²) in [6, 6.07) is 25.3. The van der Waals surface area contributed by atoms with Crippen LogP contribution in [0.5, 0.6) is 0 Å². The molecule has 0 aliphatic heterocycles. The van der Waals surface area contributed by atoms with Crippen LogP contribution in [0.2, 0.25) is 0 Å². The zero-order valence-corrected chi connectivity index (χ0v) is 18.5. The summed E-state index contributed by atoms with van der Waals surface area (Å²) < 4.78 is 4.02. The number of nitrogens with zero attached hydrogens (tertiary/aromatic N) is 2. The van der Waals surface area contributed by atoms with E-state index < -0.39 is 0 Å². The summed E-state index contributed by atoms with van der Waals surface area (Å²) in [5.41, 5.74) is 5.41. The molecule has 3 nitrogen and oxygen atoms in total. The number of benzene rings is 4. The predicted molar refractivity (Wildman–Crippen MR) is 129 cm³/mol. The summed E-state index contributed by atoms with van der Waals surface area (Å²) in [6.07, 6.45) is 0. The van der Waals surface area contributed by atoms with Crippen LogP contribution in [0.25, 0.3) is 38.2 Å². The quantitative estimate of drug-likeness (QED) is 0.331. The van der Waals surface area contributed by atoms with Crippen LogP contribution in [0.3, 0.4) is 0 Å². The SMILES string of the molecule is Cc1ccc(Sc2ccc3c(=O)n4c5cc(C)ccc5[n+](C)c4c4cccc2c34)cc1. The third-order valence-corrected chi connectivity index (χ3v) is 7.27. The Balaban J connectivity index is 1.73. The van der Waals surface area contributed by atoms with Crippen LogP contribution in [-0.4, -0.2) is 4.40 Å². The molecule has 0 N–H and O–H groups in total. The molecule has 0 unspecified atom stereocenters. The van der Waals surface area contributed by atoms with Crippen molar-refractivity contribution in [3.63, 3.8) is 0 Å². The van der Waals surface area contributed by atoms with Gasteiger partial charge in [-0.3, -0.25) is 0 Å². The summed E-state index contributed by atoms with van der Waals surface area (Å²) in [5, 5.41) is 4.05. The monoisotopic (exact) mass is 421 g/mol. The van der Waals surface area contributed by atoms with E-state index in [4.69, 9.17) is 0 Å². The van der Waals surface area contributed by atoms with Crippen LogP contribution < -0.4 is 10.1 Å². The van der Waals surface area contributed by atoms with E-state index in [0.717, 1.165) is 43.8 Å². The highest BCUT2D eigenvalue weighted by atomic mass is 32.2. The minimum Gasteiger partial charge on any atom is -0.240 e. The molecule has 0 aliphatic carbocycles. The van der Waals surface area contributed by atoms with E-state index >= 15 is 0 Å². The maximum absolute atomic E-state index is 13.7. The summed E-state index contributed by atoms with van der Waals surface area (Å²) in [4.78, 5) is 16.0. The Kier molecular flexibility index (Phi) is 3.90. The van der Waals surface area contributed by atoms with Crippen molar-refractivity contribution in [1.82, 2.24) is 4.40 Å². The Hall–Kier alpha value is -3.37. The zero-order valence-electron chi connectivity index (χ0n) is 17.6. The zero-order chi connectivity index (χ0) is 21.3. The van der Waals surface area contributed by atoms with Crippen LogP contribution >= 0.6 is 11.8 Å². The lowest BCUT2D eigenvalue weighted by Crippen LogP contribution is -2.29. The van der Waals surface area contributed by atoms with Gasteiger partial charge in [-0.05, 0) is 67.3 Å². The molecular weight excluding hydrogens is 400 g/mol. The lowest BCUT2D eigenvalue weighted by molar-refractivity contribution is -0.617. The molecule has 0 saturated carbocycles. The molecule has 2 aromatic heterocycles. The molecule has 0 fully saturated rings. The molecule has 0 radical (unpaired) electrons. The second-order valence-corrected chi connectivity index (χ2v) is 9.39. The lowest BCUT2D eigenvalue weighted by Gasteiger charge is -2.10. The molecule has 6 aromatic rings. The average Bonchev–Trinajstić information content (AvgIpc) is 3.06. The molecule has 0 atom stereocenters. The van der Waals surface area contributed by atoms with Crippen molar-refractivity contribution in [2.45, 2.75) is 23.6 Å². The van der Waals surface area contributed by atoms with Crippen molar-refractivity contribution in [2.24, 2.45) is 7.05 Å². The molecule has 0 amide bonds. The number of aromatic nitrogens is 2. The minimum atomic E-state index is 0.0433. The second-order valence-electron chi connectivity index (χ2n) is 8.27. The van der Waals surface area contributed by atoms with Crippen molar-refractivity contribution in [1.29, 1.82) is 0 Å². The van der Waals surface area contributed by atoms with Crippen molar-refractivity contribution in [3.8, 4) is 0 Å². The largest absolute Gasteiger partial charge is 0.347 e. The number of hydrogen-bond acceptors (Lipinski definition) is 2. The molecule has 0 spiro atoms. The fourth-order valence-electron chi connectivity index (χ4n) is 4.67. The van der Waals surface area contributed by atoms with Gasteiger partial charge in [-0.15, -0.1) is 0 Å². The van der Waals surface area contributed by atoms with E-state index in [1.54, 1.807) is 11.8 Å². The second kappa shape index (κ2) is 6.56. The van der Waals surface area contributed by atoms with E-state index in [-0.39, 0.29) is 5.56 Å². The molecule has 150 valence electrons. The van der Waals surface area contributed by atoms with Gasteiger partial charge >= 0.3 is 5.56 Å². The van der Waals surface area contributed by atoms with Gasteiger partial charge in [0, 0.05) is 15.2 Å². The smallest absolute Gasteiger partial charge is 0.240 e. The Morgan fingerprint density at radius 2 is 1.55 bits per heavy atom. The van der Waals surface area contributed by atoms with Crippen LogP contribution in [0.4, 0.5) is 0 Å². The minimum absolute atomic E-state index is 0.0433. The molecular formula is C27H21N2OS+. The van der Waals surface area contributed by atoms with Crippen LogP contribution in [0, 0.1) is 13.8 Å². The Labute approximate surface area is 183 Å². The molecule has 0 bridgehead atoms. The van der Waals surface area contributed by atoms with Crippen LogP contribution in [0.1, 0.15) is 11.1 Å². The first-order valence-electron chi connectivity index (χ1n) is 10.4. The van der Waals surface area contributed by atoms with Gasteiger partial charge in [0.15, 0.2) is 11.0 Å². The first-order valence-corrected chi connectivity index (χ1v) is 11.2. The van der Waals surface area contributed by atoms with E-state index in [0.29, 0.717) is 0 Å². The highest BCUT2D eigenvalue weighted by molar-refractivity contribution is 7.99. The van der Waals surface area contributed by atoms with Gasteiger partial charge in [0.05, 0.1) is 17.8 Å². The number of fused-ring (bicyclic) bond motifs is 4. The summed E-state index contributed by atoms with van der Waals surface area (Å²) in [7, 11) is 2.05. The van der Waals surface area contributed by atoms with Gasteiger partial charge < -0.3 is 0 Å². The number of aryl methyl sites for hydroxylation is 3. The molecule has 31 heavy (non-hydrogen) atoms. The molecule has 0 aliphatic rings. The maximum atomic E-state index is 13.7. The highest BCUT2D eigenvalue weighted by Gasteiger charge is 2.25.